The Morgan fingerprint density at radius 1 is 1.71 bits per heavy atom. The van der Waals surface area contributed by atoms with Gasteiger partial charge in [-0.2, -0.15) is 5.10 Å². The van der Waals surface area contributed by atoms with Crippen LogP contribution in [0.1, 0.15) is 41.7 Å². The summed E-state index contributed by atoms with van der Waals surface area (Å²) in [5, 5.41) is 4.10. The SMILES string of the molecule is CCOC(=O)c1cnn(C)c1C1CC1. The Morgan fingerprint density at radius 2 is 2.43 bits per heavy atom. The molecule has 4 nitrogen and oxygen atoms in total. The van der Waals surface area contributed by atoms with E-state index in [2.05, 4.69) is 5.10 Å². The van der Waals surface area contributed by atoms with Crippen LogP contribution in [-0.4, -0.2) is 22.4 Å². The predicted molar refractivity (Wildman–Crippen MR) is 51.1 cm³/mol. The second kappa shape index (κ2) is 3.44. The average Bonchev–Trinajstić information content (AvgIpc) is 2.90. The summed E-state index contributed by atoms with van der Waals surface area (Å²) >= 11 is 0. The van der Waals surface area contributed by atoms with Gasteiger partial charge in [0.15, 0.2) is 0 Å². The number of rotatable bonds is 3. The van der Waals surface area contributed by atoms with E-state index in [0.717, 1.165) is 18.5 Å². The van der Waals surface area contributed by atoms with Crippen molar-refractivity contribution in [2.24, 2.45) is 7.05 Å². The van der Waals surface area contributed by atoms with Crippen molar-refractivity contribution >= 4 is 5.97 Å². The van der Waals surface area contributed by atoms with E-state index >= 15 is 0 Å². The molecule has 76 valence electrons. The molecular formula is C10H14N2O2. The summed E-state index contributed by atoms with van der Waals surface area (Å²) < 4.78 is 6.75. The number of carbonyl (C=O) groups excluding carboxylic acids is 1. The maximum absolute atomic E-state index is 11.5. The Balaban J connectivity index is 2.28. The normalized spacial score (nSPS) is 15.6. The minimum absolute atomic E-state index is 0.248. The fraction of sp³-hybridized carbons (Fsp3) is 0.600. The molecule has 0 aliphatic heterocycles. The molecule has 1 fully saturated rings. The lowest BCUT2D eigenvalue weighted by atomic mass is 10.2. The van der Waals surface area contributed by atoms with Crippen molar-refractivity contribution in [2.45, 2.75) is 25.7 Å². The summed E-state index contributed by atoms with van der Waals surface area (Å²) in [5.41, 5.74) is 1.67. The smallest absolute Gasteiger partial charge is 0.341 e. The average molecular weight is 194 g/mol. The van der Waals surface area contributed by atoms with Gasteiger partial charge in [0, 0.05) is 13.0 Å². The van der Waals surface area contributed by atoms with Gasteiger partial charge in [0.2, 0.25) is 0 Å². The lowest BCUT2D eigenvalue weighted by Gasteiger charge is -2.03. The fourth-order valence-corrected chi connectivity index (χ4v) is 1.65. The third-order valence-electron chi connectivity index (χ3n) is 2.44. The van der Waals surface area contributed by atoms with Crippen molar-refractivity contribution in [2.75, 3.05) is 6.61 Å². The molecule has 2 rings (SSSR count). The van der Waals surface area contributed by atoms with E-state index in [-0.39, 0.29) is 5.97 Å². The molecule has 1 aliphatic carbocycles. The van der Waals surface area contributed by atoms with Gasteiger partial charge >= 0.3 is 5.97 Å². The minimum atomic E-state index is -0.248. The fourth-order valence-electron chi connectivity index (χ4n) is 1.65. The lowest BCUT2D eigenvalue weighted by molar-refractivity contribution is 0.0525. The molecule has 4 heteroatoms. The molecule has 1 aliphatic rings. The molecule has 0 bridgehead atoms. The number of carbonyl (C=O) groups is 1. The van der Waals surface area contributed by atoms with Crippen LogP contribution in [0.3, 0.4) is 0 Å². The van der Waals surface area contributed by atoms with E-state index in [0.29, 0.717) is 18.1 Å². The zero-order valence-corrected chi connectivity index (χ0v) is 8.49. The summed E-state index contributed by atoms with van der Waals surface area (Å²) in [5.74, 6) is 0.268. The van der Waals surface area contributed by atoms with E-state index in [4.69, 9.17) is 4.74 Å². The van der Waals surface area contributed by atoms with Crippen molar-refractivity contribution < 1.29 is 9.53 Å². The highest BCUT2D eigenvalue weighted by molar-refractivity contribution is 5.90. The molecule has 1 saturated carbocycles. The van der Waals surface area contributed by atoms with E-state index in [1.54, 1.807) is 10.9 Å². The van der Waals surface area contributed by atoms with Gasteiger partial charge in [-0.15, -0.1) is 0 Å². The number of aryl methyl sites for hydroxylation is 1. The standard InChI is InChI=1S/C10H14N2O2/c1-3-14-10(13)8-6-11-12(2)9(8)7-4-5-7/h6-7H,3-5H2,1-2H3. The van der Waals surface area contributed by atoms with Crippen molar-refractivity contribution in [3.05, 3.63) is 17.5 Å². The van der Waals surface area contributed by atoms with Crippen LogP contribution in [-0.2, 0) is 11.8 Å². The molecule has 0 unspecified atom stereocenters. The Kier molecular flexibility index (Phi) is 2.27. The van der Waals surface area contributed by atoms with Gasteiger partial charge in [-0.05, 0) is 19.8 Å². The number of hydrogen-bond donors (Lipinski definition) is 0. The van der Waals surface area contributed by atoms with Gasteiger partial charge in [-0.25, -0.2) is 4.79 Å². The Bertz CT molecular complexity index is 353. The second-order valence-electron chi connectivity index (χ2n) is 3.56. The summed E-state index contributed by atoms with van der Waals surface area (Å²) in [6, 6.07) is 0. The maximum Gasteiger partial charge on any atom is 0.341 e. The number of ether oxygens (including phenoxy) is 1. The maximum atomic E-state index is 11.5. The molecule has 0 saturated heterocycles. The lowest BCUT2D eigenvalue weighted by Crippen LogP contribution is -2.07. The third kappa shape index (κ3) is 1.52. The van der Waals surface area contributed by atoms with Gasteiger partial charge < -0.3 is 4.74 Å². The molecule has 0 spiro atoms. The summed E-state index contributed by atoms with van der Waals surface area (Å²) in [7, 11) is 1.87. The molecular weight excluding hydrogens is 180 g/mol. The quantitative estimate of drug-likeness (QED) is 0.684. The molecule has 1 aromatic rings. The predicted octanol–water partition coefficient (Wildman–Crippen LogP) is 1.47. The number of esters is 1. The summed E-state index contributed by atoms with van der Waals surface area (Å²) in [6.45, 7) is 2.23. The van der Waals surface area contributed by atoms with Crippen LogP contribution in [0.5, 0.6) is 0 Å². The Hall–Kier alpha value is -1.32. The first-order valence-electron chi connectivity index (χ1n) is 4.93. The zero-order valence-electron chi connectivity index (χ0n) is 8.49. The second-order valence-corrected chi connectivity index (χ2v) is 3.56. The first-order chi connectivity index (χ1) is 6.74. The monoisotopic (exact) mass is 194 g/mol. The summed E-state index contributed by atoms with van der Waals surface area (Å²) in [6.07, 6.45) is 3.92. The van der Waals surface area contributed by atoms with E-state index in [9.17, 15) is 4.79 Å². The Labute approximate surface area is 82.9 Å². The first kappa shape index (κ1) is 9.24. The highest BCUT2D eigenvalue weighted by Crippen LogP contribution is 2.41. The molecule has 1 aromatic heterocycles. The van der Waals surface area contributed by atoms with Gasteiger partial charge in [0.05, 0.1) is 18.5 Å². The molecule has 0 aromatic carbocycles. The Morgan fingerprint density at radius 3 is 3.00 bits per heavy atom. The molecule has 0 radical (unpaired) electrons. The van der Waals surface area contributed by atoms with Gasteiger partial charge in [0.1, 0.15) is 5.56 Å². The van der Waals surface area contributed by atoms with Crippen molar-refractivity contribution in [3.8, 4) is 0 Å². The topological polar surface area (TPSA) is 44.1 Å². The zero-order chi connectivity index (χ0) is 10.1. The number of aromatic nitrogens is 2. The third-order valence-corrected chi connectivity index (χ3v) is 2.44. The van der Waals surface area contributed by atoms with Gasteiger partial charge in [-0.3, -0.25) is 4.68 Å². The van der Waals surface area contributed by atoms with Crippen LogP contribution in [0.15, 0.2) is 6.20 Å². The van der Waals surface area contributed by atoms with Crippen LogP contribution in [0, 0.1) is 0 Å². The van der Waals surface area contributed by atoms with Crippen molar-refractivity contribution in [1.82, 2.24) is 9.78 Å². The van der Waals surface area contributed by atoms with Crippen LogP contribution in [0.4, 0.5) is 0 Å². The van der Waals surface area contributed by atoms with Crippen molar-refractivity contribution in [1.29, 1.82) is 0 Å². The highest BCUT2D eigenvalue weighted by atomic mass is 16.5. The molecule has 14 heavy (non-hydrogen) atoms. The molecule has 0 N–H and O–H groups in total. The first-order valence-corrected chi connectivity index (χ1v) is 4.93. The van der Waals surface area contributed by atoms with E-state index in [1.165, 1.54) is 0 Å². The minimum Gasteiger partial charge on any atom is -0.462 e. The van der Waals surface area contributed by atoms with Gasteiger partial charge in [-0.1, -0.05) is 0 Å². The van der Waals surface area contributed by atoms with E-state index in [1.807, 2.05) is 14.0 Å². The van der Waals surface area contributed by atoms with E-state index < -0.39 is 0 Å². The van der Waals surface area contributed by atoms with Crippen LogP contribution in [0.2, 0.25) is 0 Å². The van der Waals surface area contributed by atoms with Crippen molar-refractivity contribution in [3.63, 3.8) is 0 Å². The summed E-state index contributed by atoms with van der Waals surface area (Å²) in [4.78, 5) is 11.5. The molecule has 0 amide bonds. The number of hydrogen-bond acceptors (Lipinski definition) is 3. The molecule has 1 heterocycles. The van der Waals surface area contributed by atoms with Gasteiger partial charge in [0.25, 0.3) is 0 Å². The highest BCUT2D eigenvalue weighted by Gasteiger charge is 2.31. The molecule has 0 atom stereocenters. The van der Waals surface area contributed by atoms with Crippen LogP contribution in [0.25, 0.3) is 0 Å². The van der Waals surface area contributed by atoms with Crippen LogP contribution >= 0.6 is 0 Å². The van der Waals surface area contributed by atoms with Crippen LogP contribution < -0.4 is 0 Å². The largest absolute Gasteiger partial charge is 0.462 e. The number of nitrogens with zero attached hydrogens (tertiary/aromatic N) is 2.